The number of halogens is 3. The summed E-state index contributed by atoms with van der Waals surface area (Å²) in [5.41, 5.74) is -0.446. The first-order valence-corrected chi connectivity index (χ1v) is 8.13. The number of nitrogens with zero attached hydrogens (tertiary/aromatic N) is 2. The monoisotopic (exact) mass is 322 g/mol. The molecule has 0 aliphatic heterocycles. The minimum Gasteiger partial charge on any atom is -0.386 e. The summed E-state index contributed by atoms with van der Waals surface area (Å²) in [7, 11) is 0. The number of alkyl halides is 3. The van der Waals surface area contributed by atoms with Crippen LogP contribution in [0.4, 0.5) is 13.2 Å². The van der Waals surface area contributed by atoms with Crippen molar-refractivity contribution in [3.05, 3.63) is 16.1 Å². The molecule has 2 rings (SSSR count). The minimum atomic E-state index is -4.44. The molecule has 1 aromatic rings. The second-order valence-electron chi connectivity index (χ2n) is 5.45. The van der Waals surface area contributed by atoms with E-state index in [2.05, 4.69) is 9.88 Å². The van der Waals surface area contributed by atoms with Crippen LogP contribution in [-0.2, 0) is 6.18 Å². The topological polar surface area (TPSA) is 36.4 Å². The molecule has 1 atom stereocenters. The summed E-state index contributed by atoms with van der Waals surface area (Å²) in [6.45, 7) is 5.59. The van der Waals surface area contributed by atoms with Crippen molar-refractivity contribution in [1.29, 1.82) is 0 Å². The van der Waals surface area contributed by atoms with Gasteiger partial charge in [-0.05, 0) is 25.9 Å². The molecule has 1 aromatic heterocycles. The summed E-state index contributed by atoms with van der Waals surface area (Å²) in [6, 6.07) is 0. The molecule has 1 saturated carbocycles. The number of aromatic nitrogens is 1. The van der Waals surface area contributed by atoms with E-state index in [1.165, 1.54) is 6.20 Å². The molecular weight excluding hydrogens is 301 g/mol. The lowest BCUT2D eigenvalue weighted by atomic mass is 9.87. The molecule has 3 nitrogen and oxygen atoms in total. The molecule has 1 heterocycles. The van der Waals surface area contributed by atoms with Gasteiger partial charge in [-0.3, -0.25) is 4.90 Å². The zero-order valence-corrected chi connectivity index (χ0v) is 13.1. The van der Waals surface area contributed by atoms with Gasteiger partial charge in [-0.2, -0.15) is 13.2 Å². The first-order valence-electron chi connectivity index (χ1n) is 7.31. The van der Waals surface area contributed by atoms with Gasteiger partial charge in [-0.15, -0.1) is 11.3 Å². The van der Waals surface area contributed by atoms with Crippen LogP contribution in [0.15, 0.2) is 6.20 Å². The van der Waals surface area contributed by atoms with Gasteiger partial charge in [-0.1, -0.05) is 26.7 Å². The first kappa shape index (κ1) is 16.7. The molecule has 0 bridgehead atoms. The lowest BCUT2D eigenvalue weighted by molar-refractivity contribution is -0.137. The number of likely N-dealkylation sites (N-methyl/N-ethyl adjacent to an activating group) is 1. The van der Waals surface area contributed by atoms with Crippen LogP contribution in [0.5, 0.6) is 0 Å². The maximum atomic E-state index is 12.7. The normalized spacial score (nSPS) is 20.1. The van der Waals surface area contributed by atoms with Gasteiger partial charge in [0, 0.05) is 6.20 Å². The molecule has 0 saturated heterocycles. The van der Waals surface area contributed by atoms with Crippen LogP contribution in [-0.4, -0.2) is 33.6 Å². The maximum Gasteiger partial charge on any atom is 0.443 e. The molecule has 120 valence electrons. The highest BCUT2D eigenvalue weighted by molar-refractivity contribution is 7.11. The van der Waals surface area contributed by atoms with Crippen molar-refractivity contribution in [2.75, 3.05) is 13.1 Å². The molecule has 0 amide bonds. The Hall–Kier alpha value is -0.660. The van der Waals surface area contributed by atoms with Crippen LogP contribution in [0, 0.1) is 0 Å². The van der Waals surface area contributed by atoms with Gasteiger partial charge in [0.1, 0.15) is 6.10 Å². The van der Waals surface area contributed by atoms with E-state index in [-0.39, 0.29) is 0 Å². The first-order chi connectivity index (χ1) is 9.85. The van der Waals surface area contributed by atoms with E-state index in [0.717, 1.165) is 38.8 Å². The average Bonchev–Trinajstić information content (AvgIpc) is 3.08. The van der Waals surface area contributed by atoms with Crippen LogP contribution in [0.25, 0.3) is 0 Å². The third-order valence-corrected chi connectivity index (χ3v) is 5.50. The quantitative estimate of drug-likeness (QED) is 0.894. The predicted molar refractivity (Wildman–Crippen MR) is 76.2 cm³/mol. The van der Waals surface area contributed by atoms with Crippen molar-refractivity contribution in [3.8, 4) is 0 Å². The summed E-state index contributed by atoms with van der Waals surface area (Å²) in [5, 5.41) is 9.86. The van der Waals surface area contributed by atoms with Crippen molar-refractivity contribution in [2.45, 2.75) is 57.3 Å². The standard InChI is InChI=1S/C14H21F3N2OS/c1-3-19(4-2)13(7-5-6-8-13)11(20)10-9-18-12(21-10)14(15,16)17/h9,11,20H,3-8H2,1-2H3. The van der Waals surface area contributed by atoms with Crippen molar-refractivity contribution < 1.29 is 18.3 Å². The molecular formula is C14H21F3N2OS. The van der Waals surface area contributed by atoms with E-state index < -0.39 is 22.8 Å². The predicted octanol–water partition coefficient (Wildman–Crippen LogP) is 3.85. The van der Waals surface area contributed by atoms with Gasteiger partial charge >= 0.3 is 6.18 Å². The number of aliphatic hydroxyl groups is 1. The van der Waals surface area contributed by atoms with Crippen LogP contribution in [0.1, 0.15) is 55.5 Å². The van der Waals surface area contributed by atoms with Gasteiger partial charge in [0.15, 0.2) is 5.01 Å². The van der Waals surface area contributed by atoms with Crippen LogP contribution in [0.3, 0.4) is 0 Å². The average molecular weight is 322 g/mol. The maximum absolute atomic E-state index is 12.7. The third kappa shape index (κ3) is 3.10. The number of hydrogen-bond acceptors (Lipinski definition) is 4. The van der Waals surface area contributed by atoms with E-state index in [9.17, 15) is 18.3 Å². The second kappa shape index (κ2) is 6.22. The fraction of sp³-hybridized carbons (Fsp3) is 0.786. The summed E-state index contributed by atoms with van der Waals surface area (Å²) in [4.78, 5) is 5.93. The lowest BCUT2D eigenvalue weighted by Gasteiger charge is -2.43. The molecule has 0 aromatic carbocycles. The molecule has 1 fully saturated rings. The molecule has 1 N–H and O–H groups in total. The zero-order valence-electron chi connectivity index (χ0n) is 12.3. The molecule has 1 unspecified atom stereocenters. The Labute approximate surface area is 126 Å². The molecule has 21 heavy (non-hydrogen) atoms. The van der Waals surface area contributed by atoms with Crippen LogP contribution < -0.4 is 0 Å². The largest absolute Gasteiger partial charge is 0.443 e. The number of hydrogen-bond donors (Lipinski definition) is 1. The molecule has 0 radical (unpaired) electrons. The Morgan fingerprint density at radius 2 is 1.90 bits per heavy atom. The van der Waals surface area contributed by atoms with E-state index >= 15 is 0 Å². The van der Waals surface area contributed by atoms with Gasteiger partial charge in [0.05, 0.1) is 10.4 Å². The van der Waals surface area contributed by atoms with E-state index in [1.807, 2.05) is 13.8 Å². The van der Waals surface area contributed by atoms with Crippen molar-refractivity contribution in [1.82, 2.24) is 9.88 Å². The zero-order chi connectivity index (χ0) is 15.7. The highest BCUT2D eigenvalue weighted by atomic mass is 32.1. The summed E-state index contributed by atoms with van der Waals surface area (Å²) in [6.07, 6.45) is -0.544. The Kier molecular flexibility index (Phi) is 4.95. The number of aliphatic hydroxyl groups excluding tert-OH is 1. The SMILES string of the molecule is CCN(CC)C1(C(O)c2cnc(C(F)(F)F)s2)CCCC1. The van der Waals surface area contributed by atoms with Crippen molar-refractivity contribution in [2.24, 2.45) is 0 Å². The van der Waals surface area contributed by atoms with Gasteiger partial charge < -0.3 is 5.11 Å². The Morgan fingerprint density at radius 1 is 1.33 bits per heavy atom. The fourth-order valence-electron chi connectivity index (χ4n) is 3.41. The van der Waals surface area contributed by atoms with Crippen LogP contribution in [0.2, 0.25) is 0 Å². The highest BCUT2D eigenvalue weighted by Gasteiger charge is 2.46. The summed E-state index contributed by atoms with van der Waals surface area (Å²) >= 11 is 0.559. The molecule has 7 heteroatoms. The Bertz CT molecular complexity index is 465. The van der Waals surface area contributed by atoms with Gasteiger partial charge in [0.2, 0.25) is 0 Å². The van der Waals surface area contributed by atoms with Gasteiger partial charge in [0.25, 0.3) is 0 Å². The molecule has 1 aliphatic rings. The molecule has 0 spiro atoms. The number of thiazole rings is 1. The Morgan fingerprint density at radius 3 is 2.33 bits per heavy atom. The van der Waals surface area contributed by atoms with Crippen molar-refractivity contribution >= 4 is 11.3 Å². The van der Waals surface area contributed by atoms with Crippen LogP contribution >= 0.6 is 11.3 Å². The lowest BCUT2D eigenvalue weighted by Crippen LogP contribution is -2.50. The Balaban J connectivity index is 2.31. The summed E-state index contributed by atoms with van der Waals surface area (Å²) < 4.78 is 38.1. The number of rotatable bonds is 5. The smallest absolute Gasteiger partial charge is 0.386 e. The van der Waals surface area contributed by atoms with E-state index in [0.29, 0.717) is 16.2 Å². The van der Waals surface area contributed by atoms with E-state index in [4.69, 9.17) is 0 Å². The van der Waals surface area contributed by atoms with Gasteiger partial charge in [-0.25, -0.2) is 4.98 Å². The highest BCUT2D eigenvalue weighted by Crippen LogP contribution is 2.46. The molecule has 1 aliphatic carbocycles. The third-order valence-electron chi connectivity index (χ3n) is 4.41. The van der Waals surface area contributed by atoms with Crippen molar-refractivity contribution in [3.63, 3.8) is 0 Å². The fourth-order valence-corrected chi connectivity index (χ4v) is 4.29. The second-order valence-corrected chi connectivity index (χ2v) is 6.51. The van der Waals surface area contributed by atoms with E-state index in [1.54, 1.807) is 0 Å². The summed E-state index contributed by atoms with van der Waals surface area (Å²) in [5.74, 6) is 0. The minimum absolute atomic E-state index is 0.316.